The van der Waals surface area contributed by atoms with E-state index in [0.717, 1.165) is 6.42 Å². The fraction of sp³-hybridized carbons (Fsp3) is 0.923. The lowest BCUT2D eigenvalue weighted by molar-refractivity contribution is -0.155. The third-order valence-corrected chi connectivity index (χ3v) is 20.3. The molecule has 7 heteroatoms. The summed E-state index contributed by atoms with van der Waals surface area (Å²) < 4.78 is 15.1. The van der Waals surface area contributed by atoms with E-state index in [9.17, 15) is 0 Å². The summed E-state index contributed by atoms with van der Waals surface area (Å²) in [7, 11) is -1.94. The Bertz CT molecular complexity index is 722. The van der Waals surface area contributed by atoms with Crippen molar-refractivity contribution in [2.45, 2.75) is 124 Å². The zero-order valence-corrected chi connectivity index (χ0v) is 26.2. The summed E-state index contributed by atoms with van der Waals surface area (Å²) >= 11 is 8.75. The maximum Gasteiger partial charge on any atom is 0.193 e. The molecule has 2 spiro atoms. The van der Waals surface area contributed by atoms with Crippen LogP contribution >= 0.6 is 47.0 Å². The maximum absolute atomic E-state index is 7.30. The van der Waals surface area contributed by atoms with Gasteiger partial charge >= 0.3 is 0 Å². The molecule has 0 aromatic rings. The van der Waals surface area contributed by atoms with Crippen molar-refractivity contribution in [3.05, 3.63) is 11.6 Å². The van der Waals surface area contributed by atoms with Gasteiger partial charge in [0.05, 0.1) is 26.0 Å². The number of hydrogen-bond donors (Lipinski definition) is 0. The molecule has 3 atom stereocenters. The van der Waals surface area contributed by atoms with E-state index in [0.29, 0.717) is 4.08 Å². The first-order valence-corrected chi connectivity index (χ1v) is 19.9. The molecule has 4 rings (SSSR count). The second-order valence-corrected chi connectivity index (χ2v) is 23.2. The molecule has 2 nitrogen and oxygen atoms in total. The van der Waals surface area contributed by atoms with Gasteiger partial charge in [-0.2, -0.15) is 0 Å². The largest absolute Gasteiger partial charge is 0.407 e. The van der Waals surface area contributed by atoms with Crippen molar-refractivity contribution in [1.29, 1.82) is 0 Å². The first-order valence-electron chi connectivity index (χ1n) is 13.0. The summed E-state index contributed by atoms with van der Waals surface area (Å²) in [6.45, 7) is 16.7. The number of ether oxygens (including phenoxy) is 1. The summed E-state index contributed by atoms with van der Waals surface area (Å²) in [6.07, 6.45) is 11.6. The monoisotopic (exact) mass is 546 g/mol. The van der Waals surface area contributed by atoms with Gasteiger partial charge in [0.25, 0.3) is 0 Å². The smallest absolute Gasteiger partial charge is 0.193 e. The van der Waals surface area contributed by atoms with Gasteiger partial charge in [0, 0.05) is 0 Å². The van der Waals surface area contributed by atoms with E-state index >= 15 is 0 Å². The van der Waals surface area contributed by atoms with Gasteiger partial charge in [0.15, 0.2) is 8.32 Å². The fourth-order valence-corrected chi connectivity index (χ4v) is 13.3. The van der Waals surface area contributed by atoms with Crippen LogP contribution in [0, 0.1) is 0 Å². The van der Waals surface area contributed by atoms with Crippen LogP contribution in [-0.2, 0) is 9.16 Å². The van der Waals surface area contributed by atoms with Crippen LogP contribution in [0.5, 0.6) is 0 Å². The van der Waals surface area contributed by atoms with Crippen LogP contribution in [0.3, 0.4) is 0 Å². The van der Waals surface area contributed by atoms with Gasteiger partial charge in [-0.15, -0.1) is 47.0 Å². The first kappa shape index (κ1) is 27.3. The van der Waals surface area contributed by atoms with Crippen LogP contribution < -0.4 is 0 Å². The van der Waals surface area contributed by atoms with Gasteiger partial charge in [-0.3, -0.25) is 0 Å². The molecule has 190 valence electrons. The number of hydrogen-bond acceptors (Lipinski definition) is 6. The van der Waals surface area contributed by atoms with E-state index in [4.69, 9.17) is 9.16 Å². The van der Waals surface area contributed by atoms with Crippen molar-refractivity contribution in [2.75, 3.05) is 23.0 Å². The highest BCUT2D eigenvalue weighted by Crippen LogP contribution is 2.57. The molecule has 1 aliphatic carbocycles. The van der Waals surface area contributed by atoms with E-state index in [1.54, 1.807) is 0 Å². The summed E-state index contributed by atoms with van der Waals surface area (Å²) in [5.41, 5.74) is 1.30. The molecule has 3 saturated heterocycles. The molecular formula is C26H46O2S4Si. The molecule has 0 unspecified atom stereocenters. The highest BCUT2D eigenvalue weighted by Gasteiger charge is 2.54. The minimum Gasteiger partial charge on any atom is -0.407 e. The van der Waals surface area contributed by atoms with Gasteiger partial charge in [0.2, 0.25) is 0 Å². The van der Waals surface area contributed by atoms with E-state index in [1.807, 2.05) is 0 Å². The van der Waals surface area contributed by atoms with Gasteiger partial charge in [-0.1, -0.05) is 26.8 Å². The van der Waals surface area contributed by atoms with Crippen LogP contribution in [0.15, 0.2) is 11.6 Å². The molecule has 3 heterocycles. The standard InChI is InChI=1S/C26H46O2S4Si/c1-20-26(31-18-9-19-32-26)15-14-24(5,27-20)22(28-33(6,7)23(2,3)4)21-10-12-25(13-11-21)29-16-8-17-30-25/h10,20,22H,8-9,11-19H2,1-7H3/t20-,22-,24+/m1/s1. The molecule has 0 bridgehead atoms. The van der Waals surface area contributed by atoms with E-state index < -0.39 is 8.32 Å². The van der Waals surface area contributed by atoms with Crippen molar-refractivity contribution in [1.82, 2.24) is 0 Å². The molecule has 4 aliphatic rings. The number of thioether (sulfide) groups is 4. The van der Waals surface area contributed by atoms with Gasteiger partial charge < -0.3 is 9.16 Å². The zero-order valence-electron chi connectivity index (χ0n) is 22.0. The van der Waals surface area contributed by atoms with Crippen LogP contribution in [-0.4, -0.2) is 57.3 Å². The average Bonchev–Trinajstić information content (AvgIpc) is 2.77. The fourth-order valence-electron chi connectivity index (χ4n) is 5.35. The van der Waals surface area contributed by atoms with Crippen LogP contribution in [0.2, 0.25) is 18.1 Å². The van der Waals surface area contributed by atoms with Crippen LogP contribution in [0.4, 0.5) is 0 Å². The molecule has 0 N–H and O–H groups in total. The van der Waals surface area contributed by atoms with Crippen molar-refractivity contribution in [2.24, 2.45) is 0 Å². The third kappa shape index (κ3) is 5.74. The van der Waals surface area contributed by atoms with Crippen molar-refractivity contribution in [3.8, 4) is 0 Å². The Morgan fingerprint density at radius 1 is 1.00 bits per heavy atom. The highest BCUT2D eigenvalue weighted by molar-refractivity contribution is 8.19. The lowest BCUT2D eigenvalue weighted by Gasteiger charge is -2.54. The summed E-state index contributed by atoms with van der Waals surface area (Å²) in [5, 5.41) is 0.198. The Morgan fingerprint density at radius 2 is 1.61 bits per heavy atom. The maximum atomic E-state index is 7.30. The van der Waals surface area contributed by atoms with Gasteiger partial charge in [-0.25, -0.2) is 0 Å². The number of allylic oxidation sites excluding steroid dienone is 1. The highest BCUT2D eigenvalue weighted by atomic mass is 32.2. The van der Waals surface area contributed by atoms with Gasteiger partial charge in [-0.05, 0) is 106 Å². The minimum atomic E-state index is -1.94. The molecule has 33 heavy (non-hydrogen) atoms. The molecule has 0 saturated carbocycles. The molecule has 3 fully saturated rings. The summed E-state index contributed by atoms with van der Waals surface area (Å²) in [4.78, 5) is 0. The molecular weight excluding hydrogens is 501 g/mol. The Morgan fingerprint density at radius 3 is 2.12 bits per heavy atom. The number of rotatable bonds is 4. The topological polar surface area (TPSA) is 18.5 Å². The Kier molecular flexibility index (Phi) is 8.45. The van der Waals surface area contributed by atoms with Gasteiger partial charge in [0.1, 0.15) is 0 Å². The van der Waals surface area contributed by atoms with E-state index in [1.165, 1.54) is 67.1 Å². The molecule has 0 aromatic heterocycles. The second-order valence-electron chi connectivity index (χ2n) is 12.1. The first-order chi connectivity index (χ1) is 15.4. The molecule has 0 amide bonds. The molecule has 3 aliphatic heterocycles. The minimum absolute atomic E-state index is 0.0905. The van der Waals surface area contributed by atoms with Crippen molar-refractivity contribution in [3.63, 3.8) is 0 Å². The Labute approximate surface area is 221 Å². The molecule has 0 aromatic carbocycles. The molecule has 0 radical (unpaired) electrons. The van der Waals surface area contributed by atoms with E-state index in [2.05, 4.69) is 101 Å². The predicted octanol–water partition coefficient (Wildman–Crippen LogP) is 8.58. The van der Waals surface area contributed by atoms with Crippen LogP contribution in [0.25, 0.3) is 0 Å². The lowest BCUT2D eigenvalue weighted by Crippen LogP contribution is -2.59. The summed E-state index contributed by atoms with van der Waals surface area (Å²) in [6, 6.07) is 0. The normalized spacial score (nSPS) is 33.7. The van der Waals surface area contributed by atoms with Crippen LogP contribution in [0.1, 0.15) is 79.6 Å². The summed E-state index contributed by atoms with van der Waals surface area (Å²) in [5.74, 6) is 5.22. The Balaban J connectivity index is 1.59. The zero-order chi connectivity index (χ0) is 24.0. The third-order valence-electron chi connectivity index (χ3n) is 8.62. The second kappa shape index (κ2) is 10.2. The van der Waals surface area contributed by atoms with Crippen molar-refractivity contribution < 1.29 is 9.16 Å². The predicted molar refractivity (Wildman–Crippen MR) is 157 cm³/mol. The Hall–Kier alpha value is 1.28. The SMILES string of the molecule is C[C@H]1O[C@](C)([C@H](O[Si](C)(C)C(C)(C)C)C2=CCC3(CC2)SCCCS3)CCC12SCCCS2. The quantitative estimate of drug-likeness (QED) is 0.258. The van der Waals surface area contributed by atoms with Crippen molar-refractivity contribution >= 4 is 55.4 Å². The lowest BCUT2D eigenvalue weighted by atomic mass is 9.81. The van der Waals surface area contributed by atoms with E-state index in [-0.39, 0.29) is 26.9 Å². The average molecular weight is 547 g/mol.